The maximum Gasteiger partial charge on any atom is 0.191 e. The maximum absolute atomic E-state index is 6.00. The van der Waals surface area contributed by atoms with Crippen molar-refractivity contribution in [2.45, 2.75) is 51.7 Å². The van der Waals surface area contributed by atoms with Gasteiger partial charge in [0.05, 0.1) is 13.2 Å². The summed E-state index contributed by atoms with van der Waals surface area (Å²) in [4.78, 5) is 8.85. The van der Waals surface area contributed by atoms with Crippen LogP contribution < -0.4 is 15.4 Å². The molecular weight excluding hydrogens is 467 g/mol. The number of fused-ring (bicyclic) bond motifs is 1. The Kier molecular flexibility index (Phi) is 7.14. The fourth-order valence-electron chi connectivity index (χ4n) is 3.40. The third-order valence-corrected chi connectivity index (χ3v) is 5.12. The SMILES string of the molecule is CN=C(NCc1ccccc1OCC1CC1)NC1CCc2nc(C)nn2C1.I. The highest BCUT2D eigenvalue weighted by molar-refractivity contribution is 14.0. The van der Waals surface area contributed by atoms with Gasteiger partial charge < -0.3 is 15.4 Å². The predicted octanol–water partition coefficient (Wildman–Crippen LogP) is 2.67. The van der Waals surface area contributed by atoms with Crippen LogP contribution in [0.2, 0.25) is 0 Å². The van der Waals surface area contributed by atoms with Gasteiger partial charge in [-0.15, -0.1) is 24.0 Å². The van der Waals surface area contributed by atoms with Gasteiger partial charge in [-0.3, -0.25) is 4.99 Å². The molecule has 2 N–H and O–H groups in total. The number of rotatable bonds is 6. The summed E-state index contributed by atoms with van der Waals surface area (Å²) in [5.41, 5.74) is 1.15. The molecule has 1 saturated carbocycles. The Hall–Kier alpha value is -1.84. The number of nitrogens with one attached hydrogen (secondary N) is 2. The van der Waals surface area contributed by atoms with Gasteiger partial charge in [0.25, 0.3) is 0 Å². The highest BCUT2D eigenvalue weighted by atomic mass is 127. The summed E-state index contributed by atoms with van der Waals surface area (Å²) in [5, 5.41) is 11.4. The van der Waals surface area contributed by atoms with Crippen LogP contribution in [0.4, 0.5) is 0 Å². The molecule has 0 amide bonds. The Morgan fingerprint density at radius 1 is 1.29 bits per heavy atom. The number of hydrogen-bond acceptors (Lipinski definition) is 4. The second-order valence-electron chi connectivity index (χ2n) is 7.43. The lowest BCUT2D eigenvalue weighted by Gasteiger charge is -2.25. The Morgan fingerprint density at radius 3 is 2.89 bits per heavy atom. The van der Waals surface area contributed by atoms with Crippen molar-refractivity contribution in [2.75, 3.05) is 13.7 Å². The zero-order chi connectivity index (χ0) is 18.6. The third kappa shape index (κ3) is 5.36. The molecule has 8 heteroatoms. The van der Waals surface area contributed by atoms with E-state index < -0.39 is 0 Å². The molecule has 1 aliphatic heterocycles. The van der Waals surface area contributed by atoms with Crippen molar-refractivity contribution in [2.24, 2.45) is 10.9 Å². The molecule has 2 aliphatic rings. The predicted molar refractivity (Wildman–Crippen MR) is 120 cm³/mol. The summed E-state index contributed by atoms with van der Waals surface area (Å²) in [6.07, 6.45) is 4.56. The van der Waals surface area contributed by atoms with Crippen LogP contribution >= 0.6 is 24.0 Å². The number of halogens is 1. The van der Waals surface area contributed by atoms with Crippen molar-refractivity contribution in [3.63, 3.8) is 0 Å². The smallest absolute Gasteiger partial charge is 0.191 e. The minimum absolute atomic E-state index is 0. The summed E-state index contributed by atoms with van der Waals surface area (Å²) < 4.78 is 8.00. The standard InChI is InChI=1S/C20H28N6O.HI/c1-14-23-19-10-9-17(12-26(19)25-14)24-20(21-2)22-11-16-5-3-4-6-18(16)27-13-15-7-8-15;/h3-6,15,17H,7-13H2,1-2H3,(H2,21,22,24);1H. The first kappa shape index (κ1) is 20.9. The molecule has 1 aromatic heterocycles. The van der Waals surface area contributed by atoms with Crippen LogP contribution in [0.15, 0.2) is 29.3 Å². The van der Waals surface area contributed by atoms with Crippen LogP contribution in [-0.2, 0) is 19.5 Å². The minimum Gasteiger partial charge on any atom is -0.493 e. The molecule has 1 atom stereocenters. The molecule has 0 saturated heterocycles. The fraction of sp³-hybridized carbons (Fsp3) is 0.550. The third-order valence-electron chi connectivity index (χ3n) is 5.12. The van der Waals surface area contributed by atoms with Gasteiger partial charge >= 0.3 is 0 Å². The summed E-state index contributed by atoms with van der Waals surface area (Å²) >= 11 is 0. The number of aryl methyl sites for hydroxylation is 2. The van der Waals surface area contributed by atoms with Gasteiger partial charge in [0.15, 0.2) is 5.96 Å². The van der Waals surface area contributed by atoms with Crippen molar-refractivity contribution in [3.8, 4) is 5.75 Å². The molecule has 0 bridgehead atoms. The van der Waals surface area contributed by atoms with Gasteiger partial charge in [-0.2, -0.15) is 5.10 Å². The van der Waals surface area contributed by atoms with E-state index in [1.807, 2.05) is 29.8 Å². The van der Waals surface area contributed by atoms with Crippen LogP contribution in [0.1, 0.15) is 36.5 Å². The van der Waals surface area contributed by atoms with Crippen molar-refractivity contribution >= 4 is 29.9 Å². The van der Waals surface area contributed by atoms with Gasteiger partial charge in [0, 0.05) is 31.6 Å². The lowest BCUT2D eigenvalue weighted by molar-refractivity contribution is 0.296. The monoisotopic (exact) mass is 496 g/mol. The highest BCUT2D eigenvalue weighted by Gasteiger charge is 2.23. The van der Waals surface area contributed by atoms with Crippen molar-refractivity contribution in [1.29, 1.82) is 0 Å². The second-order valence-corrected chi connectivity index (χ2v) is 7.43. The number of aromatic nitrogens is 3. The first-order chi connectivity index (χ1) is 13.2. The van der Waals surface area contributed by atoms with E-state index in [0.29, 0.717) is 12.6 Å². The summed E-state index contributed by atoms with van der Waals surface area (Å²) in [6, 6.07) is 8.52. The Bertz CT molecular complexity index is 817. The van der Waals surface area contributed by atoms with Crippen LogP contribution in [0.3, 0.4) is 0 Å². The van der Waals surface area contributed by atoms with Crippen molar-refractivity contribution in [3.05, 3.63) is 41.5 Å². The van der Waals surface area contributed by atoms with Crippen LogP contribution in [0.5, 0.6) is 5.75 Å². The lowest BCUT2D eigenvalue weighted by Crippen LogP contribution is -2.46. The number of nitrogens with zero attached hydrogens (tertiary/aromatic N) is 4. The number of aliphatic imine (C=N–C) groups is 1. The minimum atomic E-state index is 0. The molecule has 0 spiro atoms. The highest BCUT2D eigenvalue weighted by Crippen LogP contribution is 2.30. The average Bonchev–Trinajstić information content (AvgIpc) is 3.43. The molecule has 7 nitrogen and oxygen atoms in total. The van der Waals surface area contributed by atoms with E-state index in [-0.39, 0.29) is 24.0 Å². The summed E-state index contributed by atoms with van der Waals surface area (Å²) in [6.45, 7) is 4.27. The van der Waals surface area contributed by atoms with E-state index in [4.69, 9.17) is 4.74 Å². The van der Waals surface area contributed by atoms with Gasteiger partial charge in [0.2, 0.25) is 0 Å². The molecule has 152 valence electrons. The second kappa shape index (κ2) is 9.58. The topological polar surface area (TPSA) is 76.4 Å². The Morgan fingerprint density at radius 2 is 2.11 bits per heavy atom. The molecular formula is C20H29IN6O. The van der Waals surface area contributed by atoms with E-state index in [1.165, 1.54) is 12.8 Å². The largest absolute Gasteiger partial charge is 0.493 e. The van der Waals surface area contributed by atoms with E-state index in [1.54, 1.807) is 7.05 Å². The van der Waals surface area contributed by atoms with E-state index in [9.17, 15) is 0 Å². The maximum atomic E-state index is 6.00. The molecule has 2 aromatic rings. The van der Waals surface area contributed by atoms with Gasteiger partial charge in [-0.1, -0.05) is 18.2 Å². The van der Waals surface area contributed by atoms with Crippen molar-refractivity contribution in [1.82, 2.24) is 25.4 Å². The first-order valence-electron chi connectivity index (χ1n) is 9.79. The van der Waals surface area contributed by atoms with E-state index in [0.717, 1.165) is 60.8 Å². The lowest BCUT2D eigenvalue weighted by atomic mass is 10.1. The Labute approximate surface area is 183 Å². The zero-order valence-corrected chi connectivity index (χ0v) is 18.8. The summed E-state index contributed by atoms with van der Waals surface area (Å²) in [5.74, 6) is 4.44. The van der Waals surface area contributed by atoms with Gasteiger partial charge in [0.1, 0.15) is 17.4 Å². The first-order valence-corrected chi connectivity index (χ1v) is 9.79. The molecule has 1 unspecified atom stereocenters. The number of benzene rings is 1. The molecule has 2 heterocycles. The number of hydrogen-bond donors (Lipinski definition) is 2. The molecule has 1 fully saturated rings. The van der Waals surface area contributed by atoms with E-state index >= 15 is 0 Å². The molecule has 0 radical (unpaired) electrons. The van der Waals surface area contributed by atoms with Gasteiger partial charge in [-0.05, 0) is 38.2 Å². The quantitative estimate of drug-likeness (QED) is 0.366. The van der Waals surface area contributed by atoms with Crippen LogP contribution in [0.25, 0.3) is 0 Å². The van der Waals surface area contributed by atoms with Crippen LogP contribution in [0, 0.1) is 12.8 Å². The fourth-order valence-corrected chi connectivity index (χ4v) is 3.40. The number of para-hydroxylation sites is 1. The van der Waals surface area contributed by atoms with Gasteiger partial charge in [-0.25, -0.2) is 9.67 Å². The molecule has 4 rings (SSSR count). The Balaban J connectivity index is 0.00000225. The molecule has 28 heavy (non-hydrogen) atoms. The number of guanidine groups is 1. The average molecular weight is 496 g/mol. The zero-order valence-electron chi connectivity index (χ0n) is 16.5. The number of ether oxygens (including phenoxy) is 1. The molecule has 1 aromatic carbocycles. The summed E-state index contributed by atoms with van der Waals surface area (Å²) in [7, 11) is 1.80. The van der Waals surface area contributed by atoms with E-state index in [2.05, 4.69) is 31.8 Å². The molecule has 1 aliphatic carbocycles. The van der Waals surface area contributed by atoms with Crippen LogP contribution in [-0.4, -0.2) is 40.4 Å². The van der Waals surface area contributed by atoms with Crippen molar-refractivity contribution < 1.29 is 4.74 Å². The normalized spacial score (nSPS) is 18.8.